The first-order chi connectivity index (χ1) is 14.9. The van der Waals surface area contributed by atoms with Gasteiger partial charge in [0.05, 0.1) is 10.8 Å². The summed E-state index contributed by atoms with van der Waals surface area (Å²) in [5.41, 5.74) is 0.756. The Morgan fingerprint density at radius 2 is 1.48 bits per heavy atom. The van der Waals surface area contributed by atoms with E-state index in [-0.39, 0.29) is 23.1 Å². The van der Waals surface area contributed by atoms with Crippen LogP contribution in [0.1, 0.15) is 12.8 Å². The van der Waals surface area contributed by atoms with Crippen molar-refractivity contribution in [3.05, 3.63) is 46.5 Å². The van der Waals surface area contributed by atoms with Gasteiger partial charge in [-0.05, 0) is 37.1 Å². The molecule has 31 heavy (non-hydrogen) atoms. The Morgan fingerprint density at radius 3 is 2.00 bits per heavy atom. The van der Waals surface area contributed by atoms with Crippen molar-refractivity contribution >= 4 is 29.0 Å². The first-order valence-electron chi connectivity index (χ1n) is 10.2. The van der Waals surface area contributed by atoms with Gasteiger partial charge in [-0.25, -0.2) is 14.4 Å². The predicted octanol–water partition coefficient (Wildman–Crippen LogP) is 2.15. The van der Waals surface area contributed by atoms with E-state index in [1.165, 1.54) is 18.5 Å². The molecule has 1 aromatic carbocycles. The van der Waals surface area contributed by atoms with Gasteiger partial charge in [-0.2, -0.15) is 0 Å². The van der Waals surface area contributed by atoms with Gasteiger partial charge in [0, 0.05) is 45.0 Å². The maximum absolute atomic E-state index is 13.2. The van der Waals surface area contributed by atoms with Gasteiger partial charge in [0.2, 0.25) is 11.6 Å². The van der Waals surface area contributed by atoms with E-state index in [0.717, 1.165) is 5.69 Å². The lowest BCUT2D eigenvalue weighted by atomic mass is 9.97. The maximum Gasteiger partial charge on any atom is 0.353 e. The van der Waals surface area contributed by atoms with Gasteiger partial charge in [-0.1, -0.05) is 0 Å². The summed E-state index contributed by atoms with van der Waals surface area (Å²) >= 11 is 0. The van der Waals surface area contributed by atoms with Crippen LogP contribution in [0.25, 0.3) is 0 Å². The first-order valence-corrected chi connectivity index (χ1v) is 10.2. The number of benzene rings is 1. The van der Waals surface area contributed by atoms with Crippen LogP contribution in [-0.4, -0.2) is 65.2 Å². The van der Waals surface area contributed by atoms with Crippen LogP contribution in [0.4, 0.5) is 27.4 Å². The molecule has 0 atom stereocenters. The lowest BCUT2D eigenvalue weighted by Gasteiger charge is -2.37. The normalized spacial score (nSPS) is 17.6. The lowest BCUT2D eigenvalue weighted by molar-refractivity contribution is -0.383. The number of nitro groups is 1. The standard InChI is InChI=1S/C20H23FN6O4/c21-15-1-3-16(4-2-15)24-9-11-26(12-10-24)19-17(27(30)31)18(22-13-23-19)25-7-5-14(6-8-25)20(28)29/h1-4,13-14H,5-12H2,(H,28,29). The third-order valence-corrected chi connectivity index (χ3v) is 5.88. The Hall–Kier alpha value is -3.50. The molecule has 2 fully saturated rings. The van der Waals surface area contributed by atoms with Gasteiger partial charge in [0.25, 0.3) is 0 Å². The number of carbonyl (C=O) groups is 1. The van der Waals surface area contributed by atoms with Crippen LogP contribution in [-0.2, 0) is 4.79 Å². The number of aromatic nitrogens is 2. The van der Waals surface area contributed by atoms with Gasteiger partial charge < -0.3 is 19.8 Å². The summed E-state index contributed by atoms with van der Waals surface area (Å²) in [5.74, 6) is -1.06. The molecule has 0 amide bonds. The Labute approximate surface area is 178 Å². The van der Waals surface area contributed by atoms with Gasteiger partial charge in [-0.15, -0.1) is 0 Å². The van der Waals surface area contributed by atoms with Crippen LogP contribution >= 0.6 is 0 Å². The Kier molecular flexibility index (Phi) is 5.83. The zero-order valence-corrected chi connectivity index (χ0v) is 16.9. The highest BCUT2D eigenvalue weighted by atomic mass is 19.1. The SMILES string of the molecule is O=C(O)C1CCN(c2ncnc(N3CCN(c4ccc(F)cc4)CC3)c2[N+](=O)[O-])CC1. The molecule has 1 N–H and O–H groups in total. The number of piperazine rings is 1. The van der Waals surface area contributed by atoms with Gasteiger partial charge in [0.15, 0.2) is 0 Å². The fraction of sp³-hybridized carbons (Fsp3) is 0.450. The van der Waals surface area contributed by atoms with Gasteiger partial charge in [0.1, 0.15) is 12.1 Å². The summed E-state index contributed by atoms with van der Waals surface area (Å²) in [4.78, 5) is 36.8. The summed E-state index contributed by atoms with van der Waals surface area (Å²) in [7, 11) is 0. The van der Waals surface area contributed by atoms with Crippen molar-refractivity contribution in [1.29, 1.82) is 0 Å². The zero-order valence-electron chi connectivity index (χ0n) is 16.9. The molecule has 2 saturated heterocycles. The van der Waals surface area contributed by atoms with Crippen LogP contribution in [0.5, 0.6) is 0 Å². The number of carboxylic acid groups (broad SMARTS) is 1. The van der Waals surface area contributed by atoms with Crippen molar-refractivity contribution in [3.63, 3.8) is 0 Å². The molecular weight excluding hydrogens is 407 g/mol. The van der Waals surface area contributed by atoms with Gasteiger partial charge in [-0.3, -0.25) is 14.9 Å². The summed E-state index contributed by atoms with van der Waals surface area (Å²) in [6, 6.07) is 6.27. The topological polar surface area (TPSA) is 116 Å². The second-order valence-corrected chi connectivity index (χ2v) is 7.68. The fourth-order valence-electron chi connectivity index (χ4n) is 4.15. The summed E-state index contributed by atoms with van der Waals surface area (Å²) in [5, 5.41) is 21.1. The van der Waals surface area contributed by atoms with E-state index >= 15 is 0 Å². The quantitative estimate of drug-likeness (QED) is 0.562. The van der Waals surface area contributed by atoms with E-state index < -0.39 is 16.8 Å². The van der Waals surface area contributed by atoms with Crippen LogP contribution in [0.15, 0.2) is 30.6 Å². The molecule has 0 unspecified atom stereocenters. The highest BCUT2D eigenvalue weighted by Crippen LogP contribution is 2.36. The number of nitrogens with zero attached hydrogens (tertiary/aromatic N) is 6. The molecule has 2 aliphatic rings. The molecule has 2 aromatic rings. The third kappa shape index (κ3) is 4.35. The van der Waals surface area contributed by atoms with E-state index in [9.17, 15) is 24.4 Å². The molecule has 0 aliphatic carbocycles. The number of hydrogen-bond donors (Lipinski definition) is 1. The molecule has 11 heteroatoms. The minimum Gasteiger partial charge on any atom is -0.481 e. The maximum atomic E-state index is 13.2. The van der Waals surface area contributed by atoms with E-state index in [1.807, 2.05) is 4.90 Å². The molecule has 1 aromatic heterocycles. The number of rotatable bonds is 5. The van der Waals surface area contributed by atoms with E-state index in [2.05, 4.69) is 14.9 Å². The molecular formula is C20H23FN6O4. The minimum atomic E-state index is -0.837. The van der Waals surface area contributed by atoms with E-state index in [0.29, 0.717) is 52.1 Å². The van der Waals surface area contributed by atoms with E-state index in [1.54, 1.807) is 17.0 Å². The van der Waals surface area contributed by atoms with Crippen molar-refractivity contribution in [2.75, 3.05) is 54.0 Å². The summed E-state index contributed by atoms with van der Waals surface area (Å²) in [6.07, 6.45) is 2.16. The average molecular weight is 430 g/mol. The van der Waals surface area contributed by atoms with Crippen LogP contribution in [0.2, 0.25) is 0 Å². The van der Waals surface area contributed by atoms with Crippen LogP contribution in [0, 0.1) is 21.8 Å². The molecule has 164 valence electrons. The highest BCUT2D eigenvalue weighted by molar-refractivity contribution is 5.73. The number of hydrogen-bond acceptors (Lipinski definition) is 8. The summed E-state index contributed by atoms with van der Waals surface area (Å²) < 4.78 is 13.2. The minimum absolute atomic E-state index is 0.147. The molecule has 0 radical (unpaired) electrons. The largest absolute Gasteiger partial charge is 0.481 e. The monoisotopic (exact) mass is 430 g/mol. The lowest BCUT2D eigenvalue weighted by Crippen LogP contribution is -2.47. The second-order valence-electron chi connectivity index (χ2n) is 7.68. The first kappa shape index (κ1) is 20.8. The van der Waals surface area contributed by atoms with Gasteiger partial charge >= 0.3 is 11.7 Å². The third-order valence-electron chi connectivity index (χ3n) is 5.88. The Balaban J connectivity index is 1.51. The van der Waals surface area contributed by atoms with Crippen molar-refractivity contribution in [1.82, 2.24) is 9.97 Å². The van der Waals surface area contributed by atoms with Crippen molar-refractivity contribution in [2.45, 2.75) is 12.8 Å². The second kappa shape index (κ2) is 8.70. The molecule has 0 spiro atoms. The number of anilines is 3. The van der Waals surface area contributed by atoms with Crippen LogP contribution < -0.4 is 14.7 Å². The Morgan fingerprint density at radius 1 is 0.968 bits per heavy atom. The molecule has 2 aliphatic heterocycles. The molecule has 4 rings (SSSR count). The molecule has 0 bridgehead atoms. The fourth-order valence-corrected chi connectivity index (χ4v) is 4.15. The van der Waals surface area contributed by atoms with E-state index in [4.69, 9.17) is 0 Å². The number of halogens is 1. The zero-order chi connectivity index (χ0) is 22.0. The molecule has 10 nitrogen and oxygen atoms in total. The van der Waals surface area contributed by atoms with Crippen molar-refractivity contribution in [2.24, 2.45) is 5.92 Å². The number of piperidine rings is 1. The van der Waals surface area contributed by atoms with Crippen molar-refractivity contribution < 1.29 is 19.2 Å². The smallest absolute Gasteiger partial charge is 0.353 e. The number of aliphatic carboxylic acids is 1. The van der Waals surface area contributed by atoms with Crippen LogP contribution in [0.3, 0.4) is 0 Å². The Bertz CT molecular complexity index is 957. The highest BCUT2D eigenvalue weighted by Gasteiger charge is 2.34. The summed E-state index contributed by atoms with van der Waals surface area (Å²) in [6.45, 7) is 3.07. The average Bonchev–Trinajstić information content (AvgIpc) is 2.79. The molecule has 0 saturated carbocycles. The molecule has 3 heterocycles. The predicted molar refractivity (Wildman–Crippen MR) is 112 cm³/mol. The number of carboxylic acids is 1. The van der Waals surface area contributed by atoms with Crippen molar-refractivity contribution in [3.8, 4) is 0 Å².